The fraction of sp³-hybridized carbons (Fsp3) is 0.545. The van der Waals surface area contributed by atoms with E-state index in [0.717, 1.165) is 163 Å². The van der Waals surface area contributed by atoms with Crippen molar-refractivity contribution in [3.05, 3.63) is 125 Å². The smallest absolute Gasteiger partial charge is 0.179 e. The number of aryl methyl sites for hydroxylation is 2. The molecule has 67 heavy (non-hydrogen) atoms. The molecule has 6 aliphatic rings. The van der Waals surface area contributed by atoms with Gasteiger partial charge in [-0.3, -0.25) is 14.6 Å². The van der Waals surface area contributed by atoms with Crippen molar-refractivity contribution in [3.8, 4) is 5.75 Å². The van der Waals surface area contributed by atoms with Crippen molar-refractivity contribution in [1.29, 1.82) is 0 Å². The van der Waals surface area contributed by atoms with Crippen LogP contribution in [0.4, 0.5) is 11.6 Å². The lowest BCUT2D eigenvalue weighted by Gasteiger charge is -2.34. The summed E-state index contributed by atoms with van der Waals surface area (Å²) in [7, 11) is 0. The Morgan fingerprint density at radius 2 is 1.52 bits per heavy atom. The van der Waals surface area contributed by atoms with Crippen LogP contribution in [0.15, 0.2) is 91.2 Å². The van der Waals surface area contributed by atoms with Crippen LogP contribution in [0.5, 0.6) is 5.75 Å². The third-order valence-corrected chi connectivity index (χ3v) is 15.5. The number of aliphatic hydroxyl groups is 2. The highest BCUT2D eigenvalue weighted by Gasteiger charge is 2.54. The average Bonchev–Trinajstić information content (AvgIpc) is 3.74. The molecule has 2 saturated heterocycles. The lowest BCUT2D eigenvalue weighted by atomic mass is 9.83. The summed E-state index contributed by atoms with van der Waals surface area (Å²) in [5.41, 5.74) is 6.60. The second kappa shape index (κ2) is 20.8. The summed E-state index contributed by atoms with van der Waals surface area (Å²) in [6.45, 7) is 9.24. The second-order valence-corrected chi connectivity index (χ2v) is 20.1. The van der Waals surface area contributed by atoms with Crippen molar-refractivity contribution in [3.63, 3.8) is 0 Å². The van der Waals surface area contributed by atoms with E-state index in [-0.39, 0.29) is 47.4 Å². The normalized spacial score (nSPS) is 25.5. The molecule has 4 aliphatic heterocycles. The van der Waals surface area contributed by atoms with Crippen molar-refractivity contribution in [2.45, 2.75) is 138 Å². The van der Waals surface area contributed by atoms with Crippen molar-refractivity contribution < 1.29 is 29.2 Å². The van der Waals surface area contributed by atoms with Crippen LogP contribution in [-0.2, 0) is 27.1 Å². The van der Waals surface area contributed by atoms with Gasteiger partial charge in [0.15, 0.2) is 5.78 Å². The summed E-state index contributed by atoms with van der Waals surface area (Å²) in [6, 6.07) is 26.4. The number of rotatable bonds is 19. The Kier molecular flexibility index (Phi) is 14.2. The van der Waals surface area contributed by atoms with Gasteiger partial charge < -0.3 is 35.1 Å². The topological polar surface area (TPSA) is 142 Å². The average molecular weight is 911 g/mol. The molecule has 4 aromatic rings. The molecule has 1 unspecified atom stereocenters. The third kappa shape index (κ3) is 10.6. The summed E-state index contributed by atoms with van der Waals surface area (Å²) in [5.74, 6) is 3.58. The zero-order valence-electron chi connectivity index (χ0n) is 39.1. The quantitative estimate of drug-likeness (QED) is 0.0527. The van der Waals surface area contributed by atoms with Crippen LogP contribution < -0.4 is 15.4 Å². The second-order valence-electron chi connectivity index (χ2n) is 20.1. The Morgan fingerprint density at radius 3 is 2.30 bits per heavy atom. The number of aromatic nitrogens is 2. The van der Waals surface area contributed by atoms with Crippen LogP contribution in [0.2, 0.25) is 0 Å². The zero-order valence-corrected chi connectivity index (χ0v) is 39.1. The van der Waals surface area contributed by atoms with Gasteiger partial charge in [-0.25, -0.2) is 9.97 Å². The monoisotopic (exact) mass is 911 g/mol. The SMILES string of the molecule is C=C(O)[C@@H](c1ccc(OC2(C3CCNc4nc(C5CCC(O[C@@H]6CCN([C@@H](C(=O)CO)c7ccccc7)C6)CC5)ccc43)CC2)cc1)N1CC[C@@H](OCCCCc2ccc3c(n2)NCCC3)C1. The Bertz CT molecular complexity index is 2320. The molecule has 0 bridgehead atoms. The highest BCUT2D eigenvalue weighted by atomic mass is 16.5. The first-order valence-corrected chi connectivity index (χ1v) is 25.4. The lowest BCUT2D eigenvalue weighted by molar-refractivity contribution is -0.127. The van der Waals surface area contributed by atoms with E-state index >= 15 is 0 Å². The number of ether oxygens (including phenoxy) is 3. The van der Waals surface area contributed by atoms with Crippen LogP contribution in [-0.4, -0.2) is 112 Å². The van der Waals surface area contributed by atoms with Crippen LogP contribution in [0.1, 0.15) is 135 Å². The van der Waals surface area contributed by atoms with E-state index < -0.39 is 12.6 Å². The van der Waals surface area contributed by atoms with Gasteiger partial charge in [0, 0.05) is 74.7 Å². The minimum absolute atomic E-state index is 0.0894. The summed E-state index contributed by atoms with van der Waals surface area (Å²) in [4.78, 5) is 27.4. The van der Waals surface area contributed by atoms with Gasteiger partial charge in [-0.05, 0) is 131 Å². The van der Waals surface area contributed by atoms with Gasteiger partial charge in [0.25, 0.3) is 0 Å². The molecule has 0 amide bonds. The number of likely N-dealkylation sites (tertiary alicyclic amines) is 2. The molecule has 4 N–H and O–H groups in total. The first-order valence-electron chi connectivity index (χ1n) is 25.4. The van der Waals surface area contributed by atoms with Crippen LogP contribution in [0.25, 0.3) is 0 Å². The maximum Gasteiger partial charge on any atom is 0.179 e. The minimum atomic E-state index is -0.459. The predicted molar refractivity (Wildman–Crippen MR) is 261 cm³/mol. The van der Waals surface area contributed by atoms with Gasteiger partial charge in [-0.1, -0.05) is 61.2 Å². The van der Waals surface area contributed by atoms with Crippen LogP contribution >= 0.6 is 0 Å². The van der Waals surface area contributed by atoms with E-state index in [2.05, 4.69) is 75.5 Å². The van der Waals surface area contributed by atoms with E-state index in [1.165, 1.54) is 17.5 Å². The molecule has 6 heterocycles. The van der Waals surface area contributed by atoms with Crippen LogP contribution in [0.3, 0.4) is 0 Å². The Morgan fingerprint density at radius 1 is 0.776 bits per heavy atom. The van der Waals surface area contributed by atoms with Gasteiger partial charge in [0.1, 0.15) is 35.4 Å². The highest BCUT2D eigenvalue weighted by molar-refractivity contribution is 5.86. The fourth-order valence-corrected chi connectivity index (χ4v) is 11.9. The first-order chi connectivity index (χ1) is 32.8. The minimum Gasteiger partial charge on any atom is -0.511 e. The molecule has 2 saturated carbocycles. The van der Waals surface area contributed by atoms with E-state index in [0.29, 0.717) is 12.5 Å². The molecule has 12 nitrogen and oxygen atoms in total. The number of benzene rings is 2. The van der Waals surface area contributed by atoms with Crippen LogP contribution in [0, 0.1) is 0 Å². The Labute approximate surface area is 396 Å². The molecule has 4 fully saturated rings. The Balaban J connectivity index is 0.688. The summed E-state index contributed by atoms with van der Waals surface area (Å²) in [5, 5.41) is 27.7. The number of Topliss-reactive ketones (excluding diaryl/α,β-unsaturated/α-hetero) is 1. The number of unbranched alkanes of at least 4 members (excludes halogenated alkanes) is 1. The fourth-order valence-electron chi connectivity index (χ4n) is 11.9. The van der Waals surface area contributed by atoms with E-state index in [9.17, 15) is 15.0 Å². The molecular weight excluding hydrogens is 841 g/mol. The molecule has 0 radical (unpaired) electrons. The van der Waals surface area contributed by atoms with E-state index in [1.54, 1.807) is 0 Å². The molecule has 2 aliphatic carbocycles. The number of fused-ring (bicyclic) bond motifs is 2. The number of carbonyl (C=O) groups excluding carboxylic acids is 1. The zero-order chi connectivity index (χ0) is 45.7. The number of hydrogen-bond acceptors (Lipinski definition) is 12. The number of aliphatic hydroxyl groups excluding tert-OH is 2. The predicted octanol–water partition coefficient (Wildman–Crippen LogP) is 8.99. The van der Waals surface area contributed by atoms with Gasteiger partial charge in [-0.15, -0.1) is 0 Å². The van der Waals surface area contributed by atoms with Gasteiger partial charge >= 0.3 is 0 Å². The van der Waals surface area contributed by atoms with Crippen molar-refractivity contribution in [2.75, 3.05) is 63.1 Å². The summed E-state index contributed by atoms with van der Waals surface area (Å²) >= 11 is 0. The Hall–Kier alpha value is -4.85. The molecule has 2 aromatic carbocycles. The largest absolute Gasteiger partial charge is 0.511 e. The third-order valence-electron chi connectivity index (χ3n) is 15.5. The first kappa shape index (κ1) is 45.9. The number of anilines is 2. The number of pyridine rings is 2. The van der Waals surface area contributed by atoms with Gasteiger partial charge in [0.2, 0.25) is 0 Å². The number of nitrogens with zero attached hydrogens (tertiary/aromatic N) is 4. The molecule has 356 valence electrons. The number of nitrogens with one attached hydrogen (secondary N) is 2. The highest BCUT2D eigenvalue weighted by Crippen LogP contribution is 2.54. The maximum atomic E-state index is 12.8. The number of ketones is 1. The number of carbonyl (C=O) groups is 1. The standard InChI is InChI=1S/C55H70N6O6/c1-37(63)51(60-31-25-45(34-60)65-33-6-5-11-42-17-12-41-10-7-29-56-53(41)58-42)40-15-20-44(21-16-40)67-55(27-28-55)48-24-30-57-54-47(48)22-23-49(59-54)38-13-18-43(19-14-38)66-46-26-32-61(35-46)52(50(64)36-62)39-8-3-2-4-9-39/h2-4,8-9,12,15-17,20-23,38,43,45-46,48,51-52,62-63H,1,5-7,10-11,13-14,18-19,24-36H2,(H,56,58)(H,57,59)/t38?,43?,45-,46-,48?,51+,52-/m1/s1. The van der Waals surface area contributed by atoms with Gasteiger partial charge in [-0.2, -0.15) is 0 Å². The van der Waals surface area contributed by atoms with E-state index in [4.69, 9.17) is 24.2 Å². The maximum absolute atomic E-state index is 12.8. The summed E-state index contributed by atoms with van der Waals surface area (Å²) in [6.07, 6.45) is 14.7. The number of hydrogen-bond donors (Lipinski definition) is 4. The molecule has 10 rings (SSSR count). The lowest BCUT2D eigenvalue weighted by Crippen LogP contribution is -2.35. The molecule has 12 heteroatoms. The van der Waals surface area contributed by atoms with E-state index in [1.807, 2.05) is 30.3 Å². The van der Waals surface area contributed by atoms with Crippen molar-refractivity contribution in [2.24, 2.45) is 0 Å². The van der Waals surface area contributed by atoms with Gasteiger partial charge in [0.05, 0.1) is 30.4 Å². The molecule has 0 spiro atoms. The van der Waals surface area contributed by atoms with Crippen molar-refractivity contribution >= 4 is 17.4 Å². The molecule has 2 aromatic heterocycles. The molecular formula is C55H70N6O6. The summed E-state index contributed by atoms with van der Waals surface area (Å²) < 4.78 is 19.9. The van der Waals surface area contributed by atoms with Crippen molar-refractivity contribution in [1.82, 2.24) is 19.8 Å². The molecule has 5 atom stereocenters.